The van der Waals surface area contributed by atoms with Crippen LogP contribution < -0.4 is 10.6 Å². The highest BCUT2D eigenvalue weighted by atomic mass is 32.1. The number of para-hydroxylation sites is 2. The summed E-state index contributed by atoms with van der Waals surface area (Å²) in [6.07, 6.45) is -15.5. The lowest BCUT2D eigenvalue weighted by Gasteiger charge is -2.12. The number of halogens is 9. The zero-order valence-electron chi connectivity index (χ0n) is 20.9. The van der Waals surface area contributed by atoms with Crippen molar-refractivity contribution in [2.24, 2.45) is 0 Å². The molecule has 0 aliphatic rings. The minimum atomic E-state index is -5.27. The minimum Gasteiger partial charge on any atom is -0.321 e. The number of carbonyl (C=O) groups is 4. The van der Waals surface area contributed by atoms with E-state index in [0.717, 1.165) is 34.4 Å². The molecule has 4 rings (SSSR count). The van der Waals surface area contributed by atoms with Crippen LogP contribution in [0.25, 0.3) is 10.1 Å². The number of anilines is 2. The molecular formula is C27H15F9N2O4S. The molecule has 0 radical (unpaired) electrons. The van der Waals surface area contributed by atoms with Gasteiger partial charge in [-0.3, -0.25) is 19.2 Å². The Morgan fingerprint density at radius 3 is 1.47 bits per heavy atom. The van der Waals surface area contributed by atoms with Gasteiger partial charge in [0.25, 0.3) is 17.5 Å². The van der Waals surface area contributed by atoms with Crippen molar-refractivity contribution in [1.82, 2.24) is 0 Å². The van der Waals surface area contributed by atoms with E-state index in [1.165, 1.54) is 34.9 Å². The van der Waals surface area contributed by atoms with E-state index >= 15 is 0 Å². The van der Waals surface area contributed by atoms with Gasteiger partial charge in [-0.25, -0.2) is 0 Å². The molecule has 1 aromatic heterocycles. The highest BCUT2D eigenvalue weighted by molar-refractivity contribution is 7.20. The summed E-state index contributed by atoms with van der Waals surface area (Å²) in [6, 6.07) is 17.6. The van der Waals surface area contributed by atoms with E-state index in [-0.39, 0.29) is 5.69 Å². The van der Waals surface area contributed by atoms with E-state index < -0.39 is 58.7 Å². The minimum absolute atomic E-state index is 0.165. The molecule has 0 saturated heterocycles. The first kappa shape index (κ1) is 32.8. The Labute approximate surface area is 239 Å². The molecule has 0 saturated carbocycles. The maximum Gasteiger partial charge on any atom is 0.471 e. The molecule has 3 aromatic carbocycles. The topological polar surface area (TPSA) is 92.3 Å². The largest absolute Gasteiger partial charge is 0.471 e. The normalized spacial score (nSPS) is 11.7. The Bertz CT molecular complexity index is 1640. The predicted molar refractivity (Wildman–Crippen MR) is 138 cm³/mol. The van der Waals surface area contributed by atoms with Crippen LogP contribution in [-0.2, 0) is 4.79 Å². The quantitative estimate of drug-likeness (QED) is 0.173. The molecule has 226 valence electrons. The zero-order valence-corrected chi connectivity index (χ0v) is 21.8. The number of amides is 2. The van der Waals surface area contributed by atoms with E-state index in [4.69, 9.17) is 0 Å². The molecular weight excluding hydrogens is 619 g/mol. The van der Waals surface area contributed by atoms with Gasteiger partial charge in [0.15, 0.2) is 0 Å². The monoisotopic (exact) mass is 634 g/mol. The van der Waals surface area contributed by atoms with Gasteiger partial charge in [-0.1, -0.05) is 42.5 Å². The number of rotatable bonds is 5. The average Bonchev–Trinajstić information content (AvgIpc) is 3.36. The Hall–Kier alpha value is -4.73. The first-order valence-corrected chi connectivity index (χ1v) is 12.3. The van der Waals surface area contributed by atoms with Crippen molar-refractivity contribution in [1.29, 1.82) is 0 Å². The number of carbonyl (C=O) groups excluding carboxylic acids is 4. The number of Topliss-reactive ketones (excluding diaryl/α,β-unsaturated/α-hetero) is 2. The molecule has 0 fully saturated rings. The molecule has 0 unspecified atom stereocenters. The molecule has 0 spiro atoms. The second-order valence-corrected chi connectivity index (χ2v) is 9.38. The SMILES string of the molecule is O=C(Nc1ccccc1C(=O)C(F)(F)F)C(F)(F)F.O=C(Nc1ccccc1C(=O)C(F)(F)F)c1cc2ccccc2s1. The maximum atomic E-state index is 12.7. The molecule has 0 atom stereocenters. The van der Waals surface area contributed by atoms with Crippen LogP contribution in [0.1, 0.15) is 30.4 Å². The third-order valence-electron chi connectivity index (χ3n) is 5.26. The first-order valence-electron chi connectivity index (χ1n) is 11.5. The van der Waals surface area contributed by atoms with Crippen molar-refractivity contribution in [2.75, 3.05) is 10.6 Å². The Morgan fingerprint density at radius 2 is 1.00 bits per heavy atom. The van der Waals surface area contributed by atoms with E-state index in [2.05, 4.69) is 5.32 Å². The third kappa shape index (κ3) is 8.41. The number of ketones is 2. The van der Waals surface area contributed by atoms with E-state index in [9.17, 15) is 58.7 Å². The second-order valence-electron chi connectivity index (χ2n) is 8.30. The Kier molecular flexibility index (Phi) is 9.64. The van der Waals surface area contributed by atoms with E-state index in [1.807, 2.05) is 24.3 Å². The lowest BCUT2D eigenvalue weighted by Crippen LogP contribution is -2.31. The summed E-state index contributed by atoms with van der Waals surface area (Å²) < 4.78 is 111. The van der Waals surface area contributed by atoms with Gasteiger partial charge in [0.1, 0.15) is 0 Å². The van der Waals surface area contributed by atoms with Crippen LogP contribution in [0.2, 0.25) is 0 Å². The fourth-order valence-corrected chi connectivity index (χ4v) is 4.31. The van der Waals surface area contributed by atoms with Crippen LogP contribution in [0.4, 0.5) is 50.9 Å². The van der Waals surface area contributed by atoms with Gasteiger partial charge in [-0.15, -0.1) is 11.3 Å². The molecule has 16 heteroatoms. The molecule has 2 amide bonds. The van der Waals surface area contributed by atoms with Crippen LogP contribution in [0.5, 0.6) is 0 Å². The number of hydrogen-bond acceptors (Lipinski definition) is 5. The molecule has 6 nitrogen and oxygen atoms in total. The lowest BCUT2D eigenvalue weighted by molar-refractivity contribution is -0.167. The third-order valence-corrected chi connectivity index (χ3v) is 6.38. The maximum absolute atomic E-state index is 12.7. The average molecular weight is 634 g/mol. The predicted octanol–water partition coefficient (Wildman–Crippen LogP) is 7.83. The van der Waals surface area contributed by atoms with Crippen molar-refractivity contribution in [3.8, 4) is 0 Å². The van der Waals surface area contributed by atoms with Crippen LogP contribution in [0.3, 0.4) is 0 Å². The van der Waals surface area contributed by atoms with Gasteiger partial charge in [0.05, 0.1) is 27.4 Å². The van der Waals surface area contributed by atoms with Gasteiger partial charge >= 0.3 is 24.4 Å². The van der Waals surface area contributed by atoms with E-state index in [1.54, 1.807) is 6.07 Å². The molecule has 0 aliphatic heterocycles. The Balaban J connectivity index is 0.000000243. The zero-order chi connectivity index (χ0) is 32.2. The lowest BCUT2D eigenvalue weighted by atomic mass is 10.1. The highest BCUT2D eigenvalue weighted by Crippen LogP contribution is 2.30. The van der Waals surface area contributed by atoms with Crippen molar-refractivity contribution < 1.29 is 58.7 Å². The number of nitrogens with one attached hydrogen (secondary N) is 2. The first-order chi connectivity index (χ1) is 19.9. The van der Waals surface area contributed by atoms with Gasteiger partial charge in [0, 0.05) is 4.70 Å². The summed E-state index contributed by atoms with van der Waals surface area (Å²) in [7, 11) is 0. The fourth-order valence-electron chi connectivity index (χ4n) is 3.36. The molecule has 4 aromatic rings. The molecule has 0 bridgehead atoms. The van der Waals surface area contributed by atoms with Crippen molar-refractivity contribution >= 4 is 56.2 Å². The van der Waals surface area contributed by atoms with Gasteiger partial charge < -0.3 is 10.6 Å². The molecule has 43 heavy (non-hydrogen) atoms. The number of fused-ring (bicyclic) bond motifs is 1. The van der Waals surface area contributed by atoms with Gasteiger partial charge in [-0.2, -0.15) is 39.5 Å². The number of thiophene rings is 1. The number of benzene rings is 3. The summed E-state index contributed by atoms with van der Waals surface area (Å²) in [5, 5.41) is 4.48. The van der Waals surface area contributed by atoms with Crippen molar-refractivity contribution in [3.05, 3.63) is 94.9 Å². The second kappa shape index (κ2) is 12.6. The number of alkyl halides is 9. The van der Waals surface area contributed by atoms with E-state index in [0.29, 0.717) is 10.9 Å². The highest BCUT2D eigenvalue weighted by Gasteiger charge is 2.43. The smallest absolute Gasteiger partial charge is 0.321 e. The summed E-state index contributed by atoms with van der Waals surface area (Å²) >= 11 is 1.23. The van der Waals surface area contributed by atoms with Gasteiger partial charge in [0.2, 0.25) is 0 Å². The standard InChI is InChI=1S/C17H10F3NO2S.C10H5F6NO2/c18-17(19,20)15(22)11-6-2-3-7-12(11)21-16(23)14-9-10-5-1-4-8-13(10)24-14;11-9(12,13)7(18)5-3-1-2-4-6(5)17-8(19)10(14,15)16/h1-9H,(H,21,23);1-4H,(H,17,19). The van der Waals surface area contributed by atoms with Crippen molar-refractivity contribution in [2.45, 2.75) is 18.5 Å². The van der Waals surface area contributed by atoms with Gasteiger partial charge in [-0.05, 0) is 41.8 Å². The summed E-state index contributed by atoms with van der Waals surface area (Å²) in [5.74, 6) is -7.35. The van der Waals surface area contributed by atoms with Crippen molar-refractivity contribution in [3.63, 3.8) is 0 Å². The summed E-state index contributed by atoms with van der Waals surface area (Å²) in [6.45, 7) is 0. The van der Waals surface area contributed by atoms with Crippen LogP contribution in [-0.4, -0.2) is 41.9 Å². The summed E-state index contributed by atoms with van der Waals surface area (Å²) in [5.41, 5.74) is -2.67. The Morgan fingerprint density at radius 1 is 0.558 bits per heavy atom. The molecule has 0 aliphatic carbocycles. The van der Waals surface area contributed by atoms with Crippen LogP contribution in [0.15, 0.2) is 78.9 Å². The molecule has 2 N–H and O–H groups in total. The summed E-state index contributed by atoms with van der Waals surface area (Å²) in [4.78, 5) is 45.7. The van der Waals surface area contributed by atoms with Crippen LogP contribution >= 0.6 is 11.3 Å². The fraction of sp³-hybridized carbons (Fsp3) is 0.111. The van der Waals surface area contributed by atoms with Crippen LogP contribution in [0, 0.1) is 0 Å². The number of hydrogen-bond donors (Lipinski definition) is 2. The molecule has 1 heterocycles.